The van der Waals surface area contributed by atoms with Gasteiger partial charge in [0.15, 0.2) is 6.61 Å². The van der Waals surface area contributed by atoms with Gasteiger partial charge in [-0.05, 0) is 42.5 Å². The van der Waals surface area contributed by atoms with Gasteiger partial charge in [0, 0.05) is 11.3 Å². The van der Waals surface area contributed by atoms with E-state index in [9.17, 15) is 4.79 Å². The van der Waals surface area contributed by atoms with Gasteiger partial charge < -0.3 is 15.8 Å². The van der Waals surface area contributed by atoms with Gasteiger partial charge in [0.25, 0.3) is 5.91 Å². The van der Waals surface area contributed by atoms with Crippen molar-refractivity contribution in [1.82, 2.24) is 15.0 Å². The lowest BCUT2D eigenvalue weighted by Crippen LogP contribution is -2.25. The molecule has 0 saturated carbocycles. The summed E-state index contributed by atoms with van der Waals surface area (Å²) in [6, 6.07) is 12.9. The van der Waals surface area contributed by atoms with Crippen LogP contribution in [0.1, 0.15) is 0 Å². The van der Waals surface area contributed by atoms with Crippen molar-refractivity contribution in [2.45, 2.75) is 0 Å². The number of nitrogens with zero attached hydrogens (tertiary/aromatic N) is 3. The molecule has 0 unspecified atom stereocenters. The second-order valence-corrected chi connectivity index (χ2v) is 5.19. The zero-order valence-electron chi connectivity index (χ0n) is 12.1. The Morgan fingerprint density at radius 2 is 2.00 bits per heavy atom. The first-order chi connectivity index (χ1) is 11.2. The Labute approximate surface area is 131 Å². The van der Waals surface area contributed by atoms with Crippen molar-refractivity contribution in [2.75, 3.05) is 17.7 Å². The number of nitrogen functional groups attached to an aromatic ring is 1. The first-order valence-corrected chi connectivity index (χ1v) is 7.04. The molecule has 1 aromatic heterocycles. The van der Waals surface area contributed by atoms with Gasteiger partial charge in [-0.15, -0.1) is 5.10 Å². The van der Waals surface area contributed by atoms with Gasteiger partial charge in [-0.3, -0.25) is 4.79 Å². The molecular weight excluding hydrogens is 294 g/mol. The SMILES string of the molecule is Nc1ccc(-n2cc(-c3ccc4c(c3)NC(=O)CO4)nn2)cc1. The molecule has 0 bridgehead atoms. The minimum Gasteiger partial charge on any atom is -0.482 e. The van der Waals surface area contributed by atoms with Crippen molar-refractivity contribution in [3.8, 4) is 22.7 Å². The number of benzene rings is 2. The summed E-state index contributed by atoms with van der Waals surface area (Å²) in [4.78, 5) is 11.4. The monoisotopic (exact) mass is 307 g/mol. The van der Waals surface area contributed by atoms with E-state index in [4.69, 9.17) is 10.5 Å². The lowest BCUT2D eigenvalue weighted by molar-refractivity contribution is -0.118. The quantitative estimate of drug-likeness (QED) is 0.704. The zero-order valence-corrected chi connectivity index (χ0v) is 12.1. The van der Waals surface area contributed by atoms with Crippen molar-refractivity contribution in [1.29, 1.82) is 0 Å². The van der Waals surface area contributed by atoms with Gasteiger partial charge in [0.2, 0.25) is 0 Å². The molecule has 114 valence electrons. The van der Waals surface area contributed by atoms with Crippen molar-refractivity contribution < 1.29 is 9.53 Å². The predicted octanol–water partition coefficient (Wildman–Crippen LogP) is 1.85. The van der Waals surface area contributed by atoms with Crippen molar-refractivity contribution in [3.63, 3.8) is 0 Å². The molecule has 23 heavy (non-hydrogen) atoms. The summed E-state index contributed by atoms with van der Waals surface area (Å²) >= 11 is 0. The molecule has 7 nitrogen and oxygen atoms in total. The summed E-state index contributed by atoms with van der Waals surface area (Å²) in [5.41, 5.74) is 9.43. The van der Waals surface area contributed by atoms with Gasteiger partial charge in [-0.25, -0.2) is 4.68 Å². The van der Waals surface area contributed by atoms with Crippen molar-refractivity contribution >= 4 is 17.3 Å². The number of carbonyl (C=O) groups excluding carboxylic acids is 1. The molecule has 0 atom stereocenters. The van der Waals surface area contributed by atoms with Gasteiger partial charge in [-0.1, -0.05) is 5.21 Å². The third-order valence-electron chi connectivity index (χ3n) is 3.56. The van der Waals surface area contributed by atoms with Crippen molar-refractivity contribution in [3.05, 3.63) is 48.7 Å². The highest BCUT2D eigenvalue weighted by atomic mass is 16.5. The number of hydrogen-bond donors (Lipinski definition) is 2. The summed E-state index contributed by atoms with van der Waals surface area (Å²) in [5.74, 6) is 0.486. The highest BCUT2D eigenvalue weighted by Crippen LogP contribution is 2.32. The molecule has 2 aromatic carbocycles. The smallest absolute Gasteiger partial charge is 0.262 e. The zero-order chi connectivity index (χ0) is 15.8. The molecule has 7 heteroatoms. The maximum absolute atomic E-state index is 11.4. The number of anilines is 2. The average molecular weight is 307 g/mol. The molecule has 0 radical (unpaired) electrons. The first-order valence-electron chi connectivity index (χ1n) is 7.04. The molecule has 0 aliphatic carbocycles. The largest absolute Gasteiger partial charge is 0.482 e. The Kier molecular flexibility index (Phi) is 2.97. The van der Waals surface area contributed by atoms with Crippen LogP contribution in [0.3, 0.4) is 0 Å². The van der Waals surface area contributed by atoms with Crippen LogP contribution in [0.2, 0.25) is 0 Å². The van der Waals surface area contributed by atoms with E-state index in [1.165, 1.54) is 0 Å². The number of fused-ring (bicyclic) bond motifs is 1. The molecule has 0 spiro atoms. The molecule has 1 aliphatic rings. The molecule has 4 rings (SSSR count). The van der Waals surface area contributed by atoms with Crippen LogP contribution < -0.4 is 15.8 Å². The van der Waals surface area contributed by atoms with E-state index >= 15 is 0 Å². The Bertz CT molecular complexity index is 886. The van der Waals surface area contributed by atoms with E-state index in [2.05, 4.69) is 15.6 Å². The highest BCUT2D eigenvalue weighted by Gasteiger charge is 2.17. The standard InChI is InChI=1S/C16H13N5O2/c17-11-2-4-12(5-3-11)21-8-14(19-20-21)10-1-6-15-13(7-10)18-16(22)9-23-15/h1-8H,9,17H2,(H,18,22). The number of aromatic nitrogens is 3. The summed E-state index contributed by atoms with van der Waals surface area (Å²) in [7, 11) is 0. The average Bonchev–Trinajstić information content (AvgIpc) is 3.05. The summed E-state index contributed by atoms with van der Waals surface area (Å²) in [6.45, 7) is 0.0413. The Morgan fingerprint density at radius 3 is 2.83 bits per heavy atom. The van der Waals surface area contributed by atoms with Crippen LogP contribution in [0.15, 0.2) is 48.7 Å². The van der Waals surface area contributed by atoms with Crippen LogP contribution in [-0.4, -0.2) is 27.5 Å². The maximum atomic E-state index is 11.4. The Morgan fingerprint density at radius 1 is 1.17 bits per heavy atom. The number of carbonyl (C=O) groups is 1. The predicted molar refractivity (Wildman–Crippen MR) is 85.3 cm³/mol. The Hall–Kier alpha value is -3.35. The fourth-order valence-corrected chi connectivity index (χ4v) is 2.39. The summed E-state index contributed by atoms with van der Waals surface area (Å²) in [5, 5.41) is 11.1. The van der Waals surface area contributed by atoms with Gasteiger partial charge in [-0.2, -0.15) is 0 Å². The molecule has 1 aliphatic heterocycles. The molecule has 3 N–H and O–H groups in total. The summed E-state index contributed by atoms with van der Waals surface area (Å²) in [6.07, 6.45) is 1.82. The van der Waals surface area contributed by atoms with E-state index < -0.39 is 0 Å². The van der Waals surface area contributed by atoms with E-state index in [0.29, 0.717) is 22.8 Å². The molecule has 0 fully saturated rings. The third-order valence-corrected chi connectivity index (χ3v) is 3.56. The normalized spacial score (nSPS) is 13.1. The number of rotatable bonds is 2. The van der Waals surface area contributed by atoms with Gasteiger partial charge in [0.1, 0.15) is 11.4 Å². The fourth-order valence-electron chi connectivity index (χ4n) is 2.39. The lowest BCUT2D eigenvalue weighted by atomic mass is 10.1. The van der Waals surface area contributed by atoms with Crippen molar-refractivity contribution in [2.24, 2.45) is 0 Å². The molecule has 3 aromatic rings. The summed E-state index contributed by atoms with van der Waals surface area (Å²) < 4.78 is 7.02. The number of nitrogens with two attached hydrogens (primary N) is 1. The van der Waals surface area contributed by atoms with E-state index in [-0.39, 0.29) is 12.5 Å². The minimum atomic E-state index is -0.167. The third kappa shape index (κ3) is 2.48. The van der Waals surface area contributed by atoms with Gasteiger partial charge in [0.05, 0.1) is 17.6 Å². The van der Waals surface area contributed by atoms with Crippen LogP contribution in [0.4, 0.5) is 11.4 Å². The maximum Gasteiger partial charge on any atom is 0.262 e. The van der Waals surface area contributed by atoms with Crippen LogP contribution >= 0.6 is 0 Å². The number of amides is 1. The minimum absolute atomic E-state index is 0.0413. The molecule has 1 amide bonds. The molecular formula is C16H13N5O2. The lowest BCUT2D eigenvalue weighted by Gasteiger charge is -2.18. The number of hydrogen-bond acceptors (Lipinski definition) is 5. The fraction of sp³-hybridized carbons (Fsp3) is 0.0625. The second-order valence-electron chi connectivity index (χ2n) is 5.19. The Balaban J connectivity index is 1.68. The molecule has 0 saturated heterocycles. The van der Waals surface area contributed by atoms with Crippen LogP contribution in [0, 0.1) is 0 Å². The second kappa shape index (κ2) is 5.13. The highest BCUT2D eigenvalue weighted by molar-refractivity contribution is 5.96. The number of nitrogens with one attached hydrogen (secondary N) is 1. The number of ether oxygens (including phenoxy) is 1. The van der Waals surface area contributed by atoms with Crippen LogP contribution in [0.5, 0.6) is 5.75 Å². The van der Waals surface area contributed by atoms with Crippen LogP contribution in [0.25, 0.3) is 16.9 Å². The van der Waals surface area contributed by atoms with E-state index in [1.54, 1.807) is 4.68 Å². The molecule has 2 heterocycles. The van der Waals surface area contributed by atoms with Crippen LogP contribution in [-0.2, 0) is 4.79 Å². The topological polar surface area (TPSA) is 95.1 Å². The first kappa shape index (κ1) is 13.3. The van der Waals surface area contributed by atoms with E-state index in [1.807, 2.05) is 48.7 Å². The van der Waals surface area contributed by atoms with Gasteiger partial charge >= 0.3 is 0 Å². The van der Waals surface area contributed by atoms with E-state index in [0.717, 1.165) is 11.3 Å².